The summed E-state index contributed by atoms with van der Waals surface area (Å²) in [4.78, 5) is 0. The van der Waals surface area contributed by atoms with Crippen LogP contribution in [0.4, 0.5) is 0 Å². The van der Waals surface area contributed by atoms with Crippen LogP contribution in [-0.4, -0.2) is 10.2 Å². The first-order valence-electron chi connectivity index (χ1n) is 4.00. The summed E-state index contributed by atoms with van der Waals surface area (Å²) in [6.07, 6.45) is 0. The highest BCUT2D eigenvalue weighted by Gasteiger charge is 2.30. The molecule has 0 spiro atoms. The van der Waals surface area contributed by atoms with E-state index in [1.165, 1.54) is 21.9 Å². The zero-order valence-corrected chi connectivity index (χ0v) is 9.00. The third-order valence-corrected chi connectivity index (χ3v) is 4.06. The molecule has 0 aromatic heterocycles. The van der Waals surface area contributed by atoms with Gasteiger partial charge in [-0.3, -0.25) is 0 Å². The summed E-state index contributed by atoms with van der Waals surface area (Å²) in [6, 6.07) is 0. The highest BCUT2D eigenvalue weighted by Crippen LogP contribution is 2.44. The third-order valence-electron chi connectivity index (χ3n) is 3.06. The Kier molecular flexibility index (Phi) is 1.87. The smallest absolute Gasteiger partial charge is 0.0666 e. The van der Waals surface area contributed by atoms with Crippen LogP contribution in [0.3, 0.4) is 0 Å². The molecule has 1 heteroatoms. The van der Waals surface area contributed by atoms with Crippen LogP contribution in [0.5, 0.6) is 0 Å². The lowest BCUT2D eigenvalue weighted by Crippen LogP contribution is -2.13. The molecule has 0 nitrogen and oxygen atoms in total. The van der Waals surface area contributed by atoms with E-state index in [0.717, 1.165) is 0 Å². The molecule has 1 aliphatic carbocycles. The van der Waals surface area contributed by atoms with Gasteiger partial charge in [0.05, 0.1) is 10.2 Å². The highest BCUT2D eigenvalue weighted by atomic mass is 28.1. The van der Waals surface area contributed by atoms with E-state index >= 15 is 0 Å². The molecule has 59 valence electrons. The average Bonchev–Trinajstić information content (AvgIpc) is 2.06. The minimum atomic E-state index is 0.227. The van der Waals surface area contributed by atoms with Gasteiger partial charge in [-0.05, 0) is 26.3 Å². The summed E-state index contributed by atoms with van der Waals surface area (Å²) in [7, 11) is 3.70. The maximum atomic E-state index is 3.70. The molecule has 3 radical (unpaired) electrons. The van der Waals surface area contributed by atoms with Crippen molar-refractivity contribution >= 4 is 10.2 Å². The fraction of sp³-hybridized carbons (Fsp3) is 0.600. The molecule has 0 heterocycles. The molecule has 0 amide bonds. The summed E-state index contributed by atoms with van der Waals surface area (Å²) < 4.78 is 0. The predicted molar refractivity (Wildman–Crippen MR) is 50.6 cm³/mol. The molecule has 0 bridgehead atoms. The van der Waals surface area contributed by atoms with Crippen LogP contribution in [0.1, 0.15) is 34.6 Å². The second kappa shape index (κ2) is 2.34. The molecular weight excluding hydrogens is 148 g/mol. The molecule has 0 aromatic rings. The van der Waals surface area contributed by atoms with Crippen molar-refractivity contribution < 1.29 is 0 Å². The summed E-state index contributed by atoms with van der Waals surface area (Å²) >= 11 is 0. The van der Waals surface area contributed by atoms with Gasteiger partial charge in [-0.15, -0.1) is 0 Å². The van der Waals surface area contributed by atoms with Crippen LogP contribution < -0.4 is 0 Å². The lowest BCUT2D eigenvalue weighted by Gasteiger charge is -2.23. The second-order valence-electron chi connectivity index (χ2n) is 3.88. The molecule has 0 aliphatic heterocycles. The first-order valence-corrected chi connectivity index (χ1v) is 4.50. The summed E-state index contributed by atoms with van der Waals surface area (Å²) in [5.41, 5.74) is 4.56. The molecular formula is C10H15Si. The number of rotatable bonds is 0. The van der Waals surface area contributed by atoms with Crippen molar-refractivity contribution in [3.8, 4) is 0 Å². The standard InChI is InChI=1S/C10H15Si/c1-6-7(2)9(11)10(4,5)8(6)3/h1-5H3. The number of allylic oxidation sites excluding steroid dienone is 4. The Morgan fingerprint density at radius 1 is 1.00 bits per heavy atom. The predicted octanol–water partition coefficient (Wildman–Crippen LogP) is 2.81. The molecule has 0 aromatic carbocycles. The molecule has 0 saturated heterocycles. The zero-order chi connectivity index (χ0) is 8.81. The fourth-order valence-electron chi connectivity index (χ4n) is 1.59. The van der Waals surface area contributed by atoms with Crippen molar-refractivity contribution in [3.63, 3.8) is 0 Å². The molecule has 0 saturated carbocycles. The van der Waals surface area contributed by atoms with Gasteiger partial charge in [0.2, 0.25) is 0 Å². The van der Waals surface area contributed by atoms with Crippen LogP contribution in [0.25, 0.3) is 0 Å². The minimum Gasteiger partial charge on any atom is -0.0759 e. The van der Waals surface area contributed by atoms with Crippen LogP contribution in [0.2, 0.25) is 0 Å². The van der Waals surface area contributed by atoms with Crippen molar-refractivity contribution in [2.75, 3.05) is 0 Å². The van der Waals surface area contributed by atoms with Gasteiger partial charge >= 0.3 is 0 Å². The van der Waals surface area contributed by atoms with E-state index in [2.05, 4.69) is 44.9 Å². The molecule has 1 rings (SSSR count). The van der Waals surface area contributed by atoms with Crippen LogP contribution in [-0.2, 0) is 0 Å². The Labute approximate surface area is 72.8 Å². The first-order chi connectivity index (χ1) is 4.89. The van der Waals surface area contributed by atoms with Crippen molar-refractivity contribution in [2.45, 2.75) is 34.6 Å². The Morgan fingerprint density at radius 2 is 1.45 bits per heavy atom. The quantitative estimate of drug-likeness (QED) is 0.482. The normalized spacial score (nSPS) is 23.5. The topological polar surface area (TPSA) is 0 Å². The zero-order valence-electron chi connectivity index (χ0n) is 8.00. The average molecular weight is 163 g/mol. The van der Waals surface area contributed by atoms with E-state index in [9.17, 15) is 0 Å². The van der Waals surface area contributed by atoms with Gasteiger partial charge in [-0.1, -0.05) is 30.2 Å². The third kappa shape index (κ3) is 1.02. The van der Waals surface area contributed by atoms with Crippen LogP contribution >= 0.6 is 0 Å². The Hall–Kier alpha value is -0.303. The lowest BCUT2D eigenvalue weighted by atomic mass is 9.87. The Morgan fingerprint density at radius 3 is 1.55 bits per heavy atom. The monoisotopic (exact) mass is 163 g/mol. The van der Waals surface area contributed by atoms with E-state index in [-0.39, 0.29) is 5.41 Å². The number of hydrogen-bond acceptors (Lipinski definition) is 0. The van der Waals surface area contributed by atoms with E-state index in [1.54, 1.807) is 0 Å². The molecule has 1 aliphatic rings. The van der Waals surface area contributed by atoms with E-state index in [4.69, 9.17) is 0 Å². The van der Waals surface area contributed by atoms with Gasteiger partial charge in [-0.2, -0.15) is 0 Å². The maximum Gasteiger partial charge on any atom is 0.0666 e. The van der Waals surface area contributed by atoms with Crippen molar-refractivity contribution in [2.24, 2.45) is 5.41 Å². The number of hydrogen-bond donors (Lipinski definition) is 0. The lowest BCUT2D eigenvalue weighted by molar-refractivity contribution is 0.574. The molecule has 0 fully saturated rings. The summed E-state index contributed by atoms with van der Waals surface area (Å²) in [6.45, 7) is 11.1. The van der Waals surface area contributed by atoms with Gasteiger partial charge in [0.1, 0.15) is 0 Å². The highest BCUT2D eigenvalue weighted by molar-refractivity contribution is 6.24. The van der Waals surface area contributed by atoms with E-state index < -0.39 is 0 Å². The van der Waals surface area contributed by atoms with Crippen LogP contribution in [0, 0.1) is 5.41 Å². The first kappa shape index (κ1) is 8.79. The largest absolute Gasteiger partial charge is 0.0759 e. The molecule has 0 atom stereocenters. The second-order valence-corrected chi connectivity index (χ2v) is 4.38. The van der Waals surface area contributed by atoms with E-state index in [1.807, 2.05) is 0 Å². The van der Waals surface area contributed by atoms with Crippen LogP contribution in [0.15, 0.2) is 21.9 Å². The molecule has 11 heavy (non-hydrogen) atoms. The van der Waals surface area contributed by atoms with Crippen molar-refractivity contribution in [1.29, 1.82) is 0 Å². The SMILES string of the molecule is CC1=C(C)C(C)(C)C([Si])=C1C. The van der Waals surface area contributed by atoms with Gasteiger partial charge in [0.15, 0.2) is 0 Å². The van der Waals surface area contributed by atoms with E-state index in [0.29, 0.717) is 0 Å². The maximum absolute atomic E-state index is 3.70. The summed E-state index contributed by atoms with van der Waals surface area (Å²) in [5, 5.41) is 1.34. The molecule has 0 N–H and O–H groups in total. The Balaban J connectivity index is 3.27. The summed E-state index contributed by atoms with van der Waals surface area (Å²) in [5.74, 6) is 0. The van der Waals surface area contributed by atoms with Gasteiger partial charge < -0.3 is 0 Å². The molecule has 0 unspecified atom stereocenters. The van der Waals surface area contributed by atoms with Gasteiger partial charge in [-0.25, -0.2) is 0 Å². The van der Waals surface area contributed by atoms with Crippen molar-refractivity contribution in [3.05, 3.63) is 21.9 Å². The van der Waals surface area contributed by atoms with Crippen molar-refractivity contribution in [1.82, 2.24) is 0 Å². The minimum absolute atomic E-state index is 0.227. The van der Waals surface area contributed by atoms with Gasteiger partial charge in [0.25, 0.3) is 0 Å². The van der Waals surface area contributed by atoms with Gasteiger partial charge in [0, 0.05) is 5.41 Å². The fourth-order valence-corrected chi connectivity index (χ4v) is 1.97. The Bertz CT molecular complexity index is 228.